The molecule has 2 rings (SSSR count). The van der Waals surface area contributed by atoms with Gasteiger partial charge in [0.15, 0.2) is 0 Å². The molecule has 0 bridgehead atoms. The minimum Gasteiger partial charge on any atom is 0 e. The zero-order valence-corrected chi connectivity index (χ0v) is 19.4. The predicted octanol–water partition coefficient (Wildman–Crippen LogP) is 6.44. The van der Waals surface area contributed by atoms with Crippen LogP contribution in [-0.4, -0.2) is 70.0 Å². The maximum Gasteiger partial charge on any atom is 0 e. The van der Waals surface area contributed by atoms with Crippen LogP contribution in [-0.2, 0) is 13.1 Å². The molecule has 0 aliphatic carbocycles. The van der Waals surface area contributed by atoms with E-state index >= 15 is 0 Å². The number of furan rings is 1. The molecule has 1 fully saturated rings. The van der Waals surface area contributed by atoms with Crippen molar-refractivity contribution in [3.05, 3.63) is 45.0 Å². The molecule has 10 heteroatoms. The Labute approximate surface area is 189 Å². The molecule has 4 atom stereocenters. The van der Waals surface area contributed by atoms with E-state index in [1.54, 1.807) is 12.3 Å². The average Bonchev–Trinajstić information content (AvgIpc) is 3.18. The molecule has 173 valence electrons. The first kappa shape index (κ1) is 26.0. The molecule has 28 heavy (non-hydrogen) atoms. The fourth-order valence-corrected chi connectivity index (χ4v) is 2.52. The van der Waals surface area contributed by atoms with Gasteiger partial charge in [0.05, 0.1) is 12.9 Å². The quantitative estimate of drug-likeness (QED) is 0.464. The van der Waals surface area contributed by atoms with Crippen LogP contribution in [0.4, 0.5) is 0 Å². The molecule has 0 radical (unpaired) electrons. The Morgan fingerprint density at radius 1 is 1.04 bits per heavy atom. The van der Waals surface area contributed by atoms with Crippen molar-refractivity contribution >= 4 is 20.2 Å². The Hall–Kier alpha value is -0.0205. The maximum absolute atomic E-state index is 5.69. The zero-order chi connectivity index (χ0) is 20.6. The molecular formula is C18H38Cl2MnN5O2-5. The summed E-state index contributed by atoms with van der Waals surface area (Å²) in [6.07, 6.45) is 1.60. The van der Waals surface area contributed by atoms with Gasteiger partial charge in [-0.1, -0.05) is 20.8 Å². The van der Waals surface area contributed by atoms with Crippen molar-refractivity contribution in [1.82, 2.24) is 0 Å². The van der Waals surface area contributed by atoms with E-state index in [2.05, 4.69) is 36.7 Å². The molecule has 1 saturated heterocycles. The van der Waals surface area contributed by atoms with Crippen molar-refractivity contribution in [3.8, 4) is 5.95 Å². The molecule has 1 aromatic heterocycles. The van der Waals surface area contributed by atoms with Crippen LogP contribution in [0.1, 0.15) is 26.5 Å². The van der Waals surface area contributed by atoms with E-state index in [1.807, 2.05) is 6.07 Å². The standard InChI is InChI=1S/C18H30N5O2.2ClH.Mn.4H2/c1-14-9-19-6-7-20-10-16(3)23-17(12-22-15(2)11-21-14)13-25-18-5-4-8-24-18;;;;;;;/h4-5,8,14-17H,6-7,9-13H2,1-3H3;2*1H;;4*1H/q-5;;;+2;;;;/p-2/t14-,15+,16-,17+;;;;;;;/m0......./s1. The molecule has 0 saturated carbocycles. The minimum atomic E-state index is -0.00927. The minimum absolute atomic E-state index is 0. The van der Waals surface area contributed by atoms with Gasteiger partial charge >= 0.3 is 33.3 Å². The van der Waals surface area contributed by atoms with Crippen molar-refractivity contribution in [2.24, 2.45) is 0 Å². The summed E-state index contributed by atoms with van der Waals surface area (Å²) in [5.41, 5.74) is 0. The monoisotopic (exact) mass is 481 g/mol. The smallest absolute Gasteiger partial charge is 0 e. The van der Waals surface area contributed by atoms with Gasteiger partial charge in [0.25, 0.3) is 5.95 Å². The van der Waals surface area contributed by atoms with Gasteiger partial charge in [-0.05, 0) is 6.07 Å². The van der Waals surface area contributed by atoms with Crippen molar-refractivity contribution in [2.45, 2.75) is 44.9 Å². The Kier molecular flexibility index (Phi) is 15.6. The van der Waals surface area contributed by atoms with Crippen molar-refractivity contribution < 1.29 is 28.0 Å². The molecule has 0 aromatic carbocycles. The van der Waals surface area contributed by atoms with Crippen molar-refractivity contribution in [1.29, 1.82) is 0 Å². The van der Waals surface area contributed by atoms with E-state index in [9.17, 15) is 0 Å². The Morgan fingerprint density at radius 2 is 1.64 bits per heavy atom. The summed E-state index contributed by atoms with van der Waals surface area (Å²) in [4.78, 5) is 0. The van der Waals surface area contributed by atoms with Crippen LogP contribution in [0.2, 0.25) is 0 Å². The Bertz CT molecular complexity index is 490. The van der Waals surface area contributed by atoms with E-state index in [-0.39, 0.29) is 43.0 Å². The second-order valence-electron chi connectivity index (χ2n) is 6.64. The summed E-state index contributed by atoms with van der Waals surface area (Å²) in [6, 6.07) is 4.16. The topological polar surface area (TPSA) is 92.9 Å². The fraction of sp³-hybridized carbons (Fsp3) is 0.778. The first-order valence-corrected chi connectivity index (χ1v) is 12.6. The first-order valence-electron chi connectivity index (χ1n) is 9.38. The second-order valence-corrected chi connectivity index (χ2v) is 8.59. The second kappa shape index (κ2) is 16.7. The van der Waals surface area contributed by atoms with Gasteiger partial charge in [-0.2, -0.15) is 57.4 Å². The number of nitrogens with zero attached hydrogens (tertiary/aromatic N) is 5. The van der Waals surface area contributed by atoms with Crippen LogP contribution in [0.3, 0.4) is 0 Å². The predicted molar refractivity (Wildman–Crippen MR) is 123 cm³/mol. The molecule has 0 amide bonds. The summed E-state index contributed by atoms with van der Waals surface area (Å²) < 4.78 is 10.9. The normalized spacial score (nSPS) is 28.3. The summed E-state index contributed by atoms with van der Waals surface area (Å²) in [5.74, 6) is 0.516. The molecule has 0 spiro atoms. The van der Waals surface area contributed by atoms with Gasteiger partial charge in [-0.25, -0.2) is 0 Å². The average molecular weight is 482 g/mol. The number of rotatable bonds is 3. The molecule has 1 aliphatic heterocycles. The molecule has 0 unspecified atom stereocenters. The van der Waals surface area contributed by atoms with Crippen LogP contribution in [0.25, 0.3) is 26.6 Å². The van der Waals surface area contributed by atoms with E-state index in [4.69, 9.17) is 40.0 Å². The van der Waals surface area contributed by atoms with Crippen LogP contribution in [0.15, 0.2) is 22.8 Å². The summed E-state index contributed by atoms with van der Waals surface area (Å²) in [6.45, 7) is 11.1. The first-order chi connectivity index (χ1) is 13.5. The zero-order valence-electron chi connectivity index (χ0n) is 16.7. The SMILES string of the molecule is C[C@@H]1C[N-][C@@H](C)C[N-]CC[N-]C[C@H](C)[N-][C@@H](COc2ccco2)C[N-]1.[Cl][Mn][Cl].[HH].[HH].[HH].[HH]. The van der Waals surface area contributed by atoms with E-state index < -0.39 is 0 Å². The van der Waals surface area contributed by atoms with E-state index in [0.29, 0.717) is 25.6 Å². The summed E-state index contributed by atoms with van der Waals surface area (Å²) in [7, 11) is 9.59. The number of halogens is 2. The molecule has 1 aromatic rings. The van der Waals surface area contributed by atoms with Crippen LogP contribution >= 0.6 is 20.2 Å². The molecule has 7 nitrogen and oxygen atoms in total. The van der Waals surface area contributed by atoms with Gasteiger partial charge in [-0.15, -0.1) is 6.04 Å². The summed E-state index contributed by atoms with van der Waals surface area (Å²) >= 11 is 0.00694. The summed E-state index contributed by atoms with van der Waals surface area (Å²) in [5, 5.41) is 23.2. The third-order valence-corrected chi connectivity index (χ3v) is 3.89. The third-order valence-electron chi connectivity index (χ3n) is 3.89. The van der Waals surface area contributed by atoms with Gasteiger partial charge in [0.2, 0.25) is 0 Å². The van der Waals surface area contributed by atoms with Gasteiger partial charge < -0.3 is 35.7 Å². The van der Waals surface area contributed by atoms with E-state index in [0.717, 1.165) is 26.2 Å². The number of hydrogen-bond acceptors (Lipinski definition) is 2. The van der Waals surface area contributed by atoms with Crippen molar-refractivity contribution in [2.75, 3.05) is 45.9 Å². The Balaban J connectivity index is -0.000000530. The molecule has 2 heterocycles. The molecular weight excluding hydrogens is 444 g/mol. The van der Waals surface area contributed by atoms with Gasteiger partial charge in [0, 0.05) is 11.8 Å². The van der Waals surface area contributed by atoms with Crippen LogP contribution in [0, 0.1) is 0 Å². The van der Waals surface area contributed by atoms with Crippen LogP contribution < -0.4 is 4.74 Å². The molecule has 0 N–H and O–H groups in total. The van der Waals surface area contributed by atoms with Gasteiger partial charge in [0.1, 0.15) is 0 Å². The van der Waals surface area contributed by atoms with Gasteiger partial charge in [-0.3, -0.25) is 0 Å². The van der Waals surface area contributed by atoms with Crippen LogP contribution in [0.5, 0.6) is 5.95 Å². The molecule has 1 aliphatic rings. The fourth-order valence-electron chi connectivity index (χ4n) is 2.52. The largest absolute Gasteiger partial charge is 0 e. The third kappa shape index (κ3) is 13.2. The van der Waals surface area contributed by atoms with Crippen molar-refractivity contribution in [3.63, 3.8) is 0 Å². The Morgan fingerprint density at radius 3 is 2.29 bits per heavy atom. The number of hydrogen-bond donors (Lipinski definition) is 0. The number of ether oxygens (including phenoxy) is 1. The van der Waals surface area contributed by atoms with E-state index in [1.165, 1.54) is 0 Å². The maximum atomic E-state index is 5.69.